The van der Waals surface area contributed by atoms with Crippen molar-refractivity contribution in [2.75, 3.05) is 7.11 Å². The largest absolute Gasteiger partial charge is 0.495 e. The van der Waals surface area contributed by atoms with Gasteiger partial charge < -0.3 is 14.3 Å². The van der Waals surface area contributed by atoms with Gasteiger partial charge in [0.1, 0.15) is 17.1 Å². The zero-order valence-electron chi connectivity index (χ0n) is 10.2. The highest BCUT2D eigenvalue weighted by Gasteiger charge is 2.18. The first-order valence-electron chi connectivity index (χ1n) is 5.44. The Morgan fingerprint density at radius 1 is 1.37 bits per heavy atom. The predicted octanol–water partition coefficient (Wildman–Crippen LogP) is 2.29. The average molecular weight is 280 g/mol. The monoisotopic (exact) mass is 280 g/mol. The molecule has 1 aromatic carbocycles. The molecule has 0 aliphatic rings. The minimum absolute atomic E-state index is 0.00495. The molecule has 0 saturated carbocycles. The lowest BCUT2D eigenvalue weighted by Gasteiger charge is -2.07. The van der Waals surface area contributed by atoms with Gasteiger partial charge in [-0.3, -0.25) is 4.21 Å². The van der Waals surface area contributed by atoms with Crippen molar-refractivity contribution in [3.05, 3.63) is 47.9 Å². The quantitative estimate of drug-likeness (QED) is 0.909. The van der Waals surface area contributed by atoms with Crippen molar-refractivity contribution in [2.45, 2.75) is 10.6 Å². The van der Waals surface area contributed by atoms with Gasteiger partial charge in [-0.1, -0.05) is 12.1 Å². The van der Waals surface area contributed by atoms with E-state index in [2.05, 4.69) is 0 Å². The van der Waals surface area contributed by atoms with Gasteiger partial charge in [0.15, 0.2) is 0 Å². The Bertz CT molecular complexity index is 617. The van der Waals surface area contributed by atoms with Crippen LogP contribution in [0.5, 0.6) is 5.75 Å². The Kier molecular flexibility index (Phi) is 4.01. The second-order valence-electron chi connectivity index (χ2n) is 3.70. The van der Waals surface area contributed by atoms with Gasteiger partial charge in [0.05, 0.1) is 34.8 Å². The number of carboxylic acid groups (broad SMARTS) is 1. The minimum Gasteiger partial charge on any atom is -0.495 e. The fourth-order valence-electron chi connectivity index (χ4n) is 1.65. The molecular formula is C13H12O5S. The first-order valence-corrected chi connectivity index (χ1v) is 6.76. The minimum atomic E-state index is -1.43. The maximum Gasteiger partial charge on any atom is 0.339 e. The van der Waals surface area contributed by atoms with E-state index in [9.17, 15) is 9.00 Å². The van der Waals surface area contributed by atoms with Crippen LogP contribution in [0.3, 0.4) is 0 Å². The summed E-state index contributed by atoms with van der Waals surface area (Å²) in [5.41, 5.74) is 0.0308. The van der Waals surface area contributed by atoms with Gasteiger partial charge in [0.2, 0.25) is 0 Å². The number of carbonyl (C=O) groups is 1. The first kappa shape index (κ1) is 13.4. The third-order valence-electron chi connectivity index (χ3n) is 2.55. The van der Waals surface area contributed by atoms with Gasteiger partial charge in [0.25, 0.3) is 0 Å². The second-order valence-corrected chi connectivity index (χ2v) is 5.12. The van der Waals surface area contributed by atoms with Crippen molar-refractivity contribution < 1.29 is 23.3 Å². The molecule has 0 aliphatic carbocycles. The van der Waals surface area contributed by atoms with Crippen LogP contribution in [0.15, 0.2) is 45.9 Å². The lowest BCUT2D eigenvalue weighted by Crippen LogP contribution is -2.03. The topological polar surface area (TPSA) is 76.7 Å². The summed E-state index contributed by atoms with van der Waals surface area (Å²) in [7, 11) is 0.0586. The summed E-state index contributed by atoms with van der Waals surface area (Å²) in [5, 5.41) is 8.96. The van der Waals surface area contributed by atoms with E-state index in [4.69, 9.17) is 14.3 Å². The molecule has 2 aromatic rings. The molecular weight excluding hydrogens is 268 g/mol. The number of furan rings is 1. The van der Waals surface area contributed by atoms with Crippen LogP contribution in [0.4, 0.5) is 0 Å². The van der Waals surface area contributed by atoms with Crippen molar-refractivity contribution in [2.24, 2.45) is 0 Å². The van der Waals surface area contributed by atoms with Crippen LogP contribution in [-0.4, -0.2) is 22.4 Å². The number of ether oxygens (including phenoxy) is 1. The van der Waals surface area contributed by atoms with Crippen molar-refractivity contribution in [3.8, 4) is 5.75 Å². The summed E-state index contributed by atoms with van der Waals surface area (Å²) in [6.07, 6.45) is 1.28. The third-order valence-corrected chi connectivity index (χ3v) is 3.90. The molecule has 1 aromatic heterocycles. The summed E-state index contributed by atoms with van der Waals surface area (Å²) in [6.45, 7) is 0. The number of hydrogen-bond donors (Lipinski definition) is 1. The van der Waals surface area contributed by atoms with Crippen LogP contribution in [0.25, 0.3) is 0 Å². The van der Waals surface area contributed by atoms with Gasteiger partial charge in [0, 0.05) is 0 Å². The molecule has 0 spiro atoms. The predicted molar refractivity (Wildman–Crippen MR) is 68.8 cm³/mol. The summed E-state index contributed by atoms with van der Waals surface area (Å²) in [6, 6.07) is 8.24. The summed E-state index contributed by atoms with van der Waals surface area (Å²) in [4.78, 5) is 11.5. The number of rotatable bonds is 5. The third kappa shape index (κ3) is 2.85. The molecule has 2 rings (SSSR count). The van der Waals surface area contributed by atoms with E-state index in [1.807, 2.05) is 0 Å². The molecule has 100 valence electrons. The van der Waals surface area contributed by atoms with Gasteiger partial charge >= 0.3 is 5.97 Å². The highest BCUT2D eigenvalue weighted by Crippen LogP contribution is 2.24. The van der Waals surface area contributed by atoms with Crippen LogP contribution in [0.2, 0.25) is 0 Å². The van der Waals surface area contributed by atoms with Crippen LogP contribution >= 0.6 is 0 Å². The Morgan fingerprint density at radius 2 is 2.11 bits per heavy atom. The second kappa shape index (κ2) is 5.71. The van der Waals surface area contributed by atoms with Crippen LogP contribution in [0.1, 0.15) is 16.1 Å². The number of carboxylic acids is 1. The SMILES string of the molecule is COc1ccccc1S(=O)Cc1occc1C(=O)O. The molecule has 1 atom stereocenters. The number of hydrogen-bond acceptors (Lipinski definition) is 4. The fraction of sp³-hybridized carbons (Fsp3) is 0.154. The zero-order valence-corrected chi connectivity index (χ0v) is 11.0. The zero-order chi connectivity index (χ0) is 13.8. The van der Waals surface area contributed by atoms with E-state index in [1.54, 1.807) is 24.3 Å². The number of benzene rings is 1. The number of para-hydroxylation sites is 1. The molecule has 0 amide bonds. The van der Waals surface area contributed by atoms with Gasteiger partial charge in [-0.15, -0.1) is 0 Å². The first-order chi connectivity index (χ1) is 9.13. The van der Waals surface area contributed by atoms with Crippen LogP contribution < -0.4 is 4.74 Å². The molecule has 0 aliphatic heterocycles. The van der Waals surface area contributed by atoms with Crippen molar-refractivity contribution in [1.82, 2.24) is 0 Å². The van der Waals surface area contributed by atoms with E-state index in [1.165, 1.54) is 19.4 Å². The molecule has 19 heavy (non-hydrogen) atoms. The van der Waals surface area contributed by atoms with Gasteiger partial charge in [-0.05, 0) is 18.2 Å². The Labute approximate surface area is 112 Å². The summed E-state index contributed by atoms with van der Waals surface area (Å²) < 4.78 is 22.4. The molecule has 1 heterocycles. The molecule has 0 fully saturated rings. The molecule has 0 saturated heterocycles. The summed E-state index contributed by atoms with van der Waals surface area (Å²) >= 11 is 0. The Balaban J connectivity index is 2.26. The standard InChI is InChI=1S/C13H12O5S/c1-17-10-4-2-3-5-12(10)19(16)8-11-9(13(14)15)6-7-18-11/h2-7H,8H2,1H3,(H,14,15). The van der Waals surface area contributed by atoms with E-state index < -0.39 is 16.8 Å². The van der Waals surface area contributed by atoms with Crippen LogP contribution in [0, 0.1) is 0 Å². The van der Waals surface area contributed by atoms with Crippen molar-refractivity contribution in [3.63, 3.8) is 0 Å². The van der Waals surface area contributed by atoms with Gasteiger partial charge in [-0.25, -0.2) is 4.79 Å². The smallest absolute Gasteiger partial charge is 0.339 e. The summed E-state index contributed by atoms with van der Waals surface area (Å²) in [5.74, 6) is -0.406. The number of methoxy groups -OCH3 is 1. The highest BCUT2D eigenvalue weighted by atomic mass is 32.2. The lowest BCUT2D eigenvalue weighted by molar-refractivity contribution is 0.0695. The van der Waals surface area contributed by atoms with Crippen molar-refractivity contribution >= 4 is 16.8 Å². The Morgan fingerprint density at radius 3 is 2.79 bits per heavy atom. The molecule has 0 radical (unpaired) electrons. The van der Waals surface area contributed by atoms with E-state index in [0.717, 1.165) is 0 Å². The molecule has 0 bridgehead atoms. The van der Waals surface area contributed by atoms with Crippen molar-refractivity contribution in [1.29, 1.82) is 0 Å². The average Bonchev–Trinajstić information content (AvgIpc) is 2.87. The fourth-order valence-corrected chi connectivity index (χ4v) is 2.87. The maximum absolute atomic E-state index is 12.2. The van der Waals surface area contributed by atoms with E-state index in [0.29, 0.717) is 10.6 Å². The van der Waals surface area contributed by atoms with E-state index in [-0.39, 0.29) is 17.1 Å². The van der Waals surface area contributed by atoms with Gasteiger partial charge in [-0.2, -0.15) is 0 Å². The Hall–Kier alpha value is -2.08. The molecule has 6 heteroatoms. The molecule has 5 nitrogen and oxygen atoms in total. The molecule has 1 N–H and O–H groups in total. The van der Waals surface area contributed by atoms with Crippen LogP contribution in [-0.2, 0) is 16.6 Å². The highest BCUT2D eigenvalue weighted by molar-refractivity contribution is 7.84. The lowest BCUT2D eigenvalue weighted by atomic mass is 10.3. The normalized spacial score (nSPS) is 12.1. The van der Waals surface area contributed by atoms with E-state index >= 15 is 0 Å². The number of aromatic carboxylic acids is 1. The molecule has 1 unspecified atom stereocenters. The maximum atomic E-state index is 12.2.